The highest BCUT2D eigenvalue weighted by molar-refractivity contribution is 9.09. The van der Waals surface area contributed by atoms with Crippen LogP contribution in [0.25, 0.3) is 0 Å². The monoisotopic (exact) mass is 261 g/mol. The van der Waals surface area contributed by atoms with Crippen molar-refractivity contribution < 1.29 is 0 Å². The summed E-state index contributed by atoms with van der Waals surface area (Å²) in [6.07, 6.45) is 1.06. The zero-order chi connectivity index (χ0) is 10.6. The molecule has 14 heavy (non-hydrogen) atoms. The fourth-order valence-electron chi connectivity index (χ4n) is 1.04. The van der Waals surface area contributed by atoms with Gasteiger partial charge in [-0.25, -0.2) is 0 Å². The molecule has 5 nitrogen and oxygen atoms in total. The third-order valence-electron chi connectivity index (χ3n) is 1.99. The van der Waals surface area contributed by atoms with Crippen molar-refractivity contribution in [2.24, 2.45) is 7.05 Å². The molecule has 0 fully saturated rings. The highest BCUT2D eigenvalue weighted by Gasteiger charge is 2.16. The van der Waals surface area contributed by atoms with Gasteiger partial charge in [-0.3, -0.25) is 0 Å². The predicted octanol–water partition coefficient (Wildman–Crippen LogP) is 0.863. The molecule has 0 aliphatic rings. The molecule has 1 heterocycles. The van der Waals surface area contributed by atoms with Gasteiger partial charge < -0.3 is 5.32 Å². The lowest BCUT2D eigenvalue weighted by Crippen LogP contribution is -2.39. The molecule has 0 radical (unpaired) electrons. The van der Waals surface area contributed by atoms with Crippen LogP contribution >= 0.6 is 15.9 Å². The van der Waals surface area contributed by atoms with Crippen molar-refractivity contribution in [3.63, 3.8) is 0 Å². The third kappa shape index (κ3) is 3.71. The molecule has 0 aliphatic carbocycles. The number of rotatable bonds is 5. The molecular weight excluding hydrogens is 246 g/mol. The fourth-order valence-corrected chi connectivity index (χ4v) is 2.03. The quantitative estimate of drug-likeness (QED) is 0.800. The Morgan fingerprint density at radius 2 is 2.21 bits per heavy atom. The molecule has 80 valence electrons. The standard InChI is InChI=1S/C8H16BrN5/c1-8(2,4-5-9)10-6-7-11-13-14(3)12-7/h10H,4-6H2,1-3H3. The van der Waals surface area contributed by atoms with Gasteiger partial charge in [0.25, 0.3) is 0 Å². The van der Waals surface area contributed by atoms with E-state index in [4.69, 9.17) is 0 Å². The van der Waals surface area contributed by atoms with E-state index in [2.05, 4.69) is 50.5 Å². The summed E-state index contributed by atoms with van der Waals surface area (Å²) in [6, 6.07) is 0. The van der Waals surface area contributed by atoms with Crippen LogP contribution in [0, 0.1) is 0 Å². The van der Waals surface area contributed by atoms with Crippen molar-refractivity contribution in [3.8, 4) is 0 Å². The molecule has 6 heteroatoms. The molecule has 0 bridgehead atoms. The van der Waals surface area contributed by atoms with Crippen molar-refractivity contribution in [1.82, 2.24) is 25.5 Å². The van der Waals surface area contributed by atoms with Crippen LogP contribution in [-0.4, -0.2) is 31.1 Å². The van der Waals surface area contributed by atoms with E-state index in [0.717, 1.165) is 17.6 Å². The van der Waals surface area contributed by atoms with E-state index in [9.17, 15) is 0 Å². The van der Waals surface area contributed by atoms with Crippen LogP contribution in [0.4, 0.5) is 0 Å². The van der Waals surface area contributed by atoms with Gasteiger partial charge in [-0.05, 0) is 25.5 Å². The summed E-state index contributed by atoms with van der Waals surface area (Å²) in [5.41, 5.74) is 0.0999. The lowest BCUT2D eigenvalue weighted by molar-refractivity contribution is 0.373. The Balaban J connectivity index is 2.40. The summed E-state index contributed by atoms with van der Waals surface area (Å²) in [5.74, 6) is 0.732. The molecule has 0 aromatic carbocycles. The summed E-state index contributed by atoms with van der Waals surface area (Å²) in [6.45, 7) is 4.98. The minimum atomic E-state index is 0.0999. The average Bonchev–Trinajstić information content (AvgIpc) is 2.48. The molecule has 1 N–H and O–H groups in total. The van der Waals surface area contributed by atoms with E-state index in [0.29, 0.717) is 6.54 Å². The molecule has 0 aliphatic heterocycles. The molecule has 0 spiro atoms. The molecule has 0 saturated heterocycles. The Kier molecular flexibility index (Phi) is 4.00. The van der Waals surface area contributed by atoms with E-state index < -0.39 is 0 Å². The van der Waals surface area contributed by atoms with Gasteiger partial charge in [0.05, 0.1) is 13.6 Å². The van der Waals surface area contributed by atoms with Crippen LogP contribution in [0.15, 0.2) is 0 Å². The van der Waals surface area contributed by atoms with Gasteiger partial charge in [-0.2, -0.15) is 4.80 Å². The molecule has 1 aromatic heterocycles. The summed E-state index contributed by atoms with van der Waals surface area (Å²) in [4.78, 5) is 1.47. The minimum Gasteiger partial charge on any atom is -0.305 e. The lowest BCUT2D eigenvalue weighted by atomic mass is 10.0. The number of aromatic nitrogens is 4. The summed E-state index contributed by atoms with van der Waals surface area (Å²) < 4.78 is 0. The molecule has 1 aromatic rings. The van der Waals surface area contributed by atoms with Crippen molar-refractivity contribution in [2.75, 3.05) is 5.33 Å². The molecule has 0 unspecified atom stereocenters. The summed E-state index contributed by atoms with van der Waals surface area (Å²) in [7, 11) is 1.76. The van der Waals surface area contributed by atoms with Crippen molar-refractivity contribution in [3.05, 3.63) is 5.82 Å². The normalized spacial score (nSPS) is 12.0. The Morgan fingerprint density at radius 3 is 2.71 bits per heavy atom. The first-order chi connectivity index (χ1) is 6.53. The zero-order valence-corrected chi connectivity index (χ0v) is 10.4. The Hall–Kier alpha value is -0.490. The van der Waals surface area contributed by atoms with Gasteiger partial charge in [-0.15, -0.1) is 10.2 Å². The van der Waals surface area contributed by atoms with Crippen molar-refractivity contribution in [2.45, 2.75) is 32.4 Å². The van der Waals surface area contributed by atoms with Crippen LogP contribution < -0.4 is 5.32 Å². The van der Waals surface area contributed by atoms with Gasteiger partial charge in [0.2, 0.25) is 0 Å². The second kappa shape index (κ2) is 4.84. The summed E-state index contributed by atoms with van der Waals surface area (Å²) >= 11 is 3.43. The second-order valence-corrected chi connectivity index (χ2v) is 4.66. The molecule has 1 rings (SSSR count). The number of hydrogen-bond donors (Lipinski definition) is 1. The van der Waals surface area contributed by atoms with Crippen LogP contribution in [0.1, 0.15) is 26.1 Å². The highest BCUT2D eigenvalue weighted by Crippen LogP contribution is 2.10. The number of nitrogens with one attached hydrogen (secondary N) is 1. The maximum Gasteiger partial charge on any atom is 0.188 e. The van der Waals surface area contributed by atoms with Crippen LogP contribution in [0.5, 0.6) is 0 Å². The van der Waals surface area contributed by atoms with Crippen LogP contribution in [0.3, 0.4) is 0 Å². The SMILES string of the molecule is Cn1nnc(CNC(C)(C)CCBr)n1. The number of nitrogens with zero attached hydrogens (tertiary/aromatic N) is 4. The number of halogens is 1. The number of aryl methyl sites for hydroxylation is 1. The molecule has 0 saturated carbocycles. The Morgan fingerprint density at radius 1 is 1.50 bits per heavy atom. The highest BCUT2D eigenvalue weighted by atomic mass is 79.9. The van der Waals surface area contributed by atoms with Gasteiger partial charge in [0.1, 0.15) is 0 Å². The number of hydrogen-bond acceptors (Lipinski definition) is 4. The van der Waals surface area contributed by atoms with E-state index in [1.54, 1.807) is 7.05 Å². The molecular formula is C8H16BrN5. The van der Waals surface area contributed by atoms with Crippen molar-refractivity contribution in [1.29, 1.82) is 0 Å². The zero-order valence-electron chi connectivity index (χ0n) is 8.79. The van der Waals surface area contributed by atoms with E-state index in [1.807, 2.05) is 0 Å². The first-order valence-corrected chi connectivity index (χ1v) is 5.69. The lowest BCUT2D eigenvalue weighted by Gasteiger charge is -2.24. The van der Waals surface area contributed by atoms with Crippen LogP contribution in [0.2, 0.25) is 0 Å². The third-order valence-corrected chi connectivity index (χ3v) is 2.39. The Labute approximate surface area is 92.4 Å². The van der Waals surface area contributed by atoms with Crippen LogP contribution in [-0.2, 0) is 13.6 Å². The smallest absolute Gasteiger partial charge is 0.188 e. The number of alkyl halides is 1. The van der Waals surface area contributed by atoms with E-state index in [1.165, 1.54) is 4.80 Å². The predicted molar refractivity (Wildman–Crippen MR) is 58.1 cm³/mol. The topological polar surface area (TPSA) is 55.6 Å². The fraction of sp³-hybridized carbons (Fsp3) is 0.875. The summed E-state index contributed by atoms with van der Waals surface area (Å²) in [5, 5.41) is 16.1. The van der Waals surface area contributed by atoms with E-state index in [-0.39, 0.29) is 5.54 Å². The number of tetrazole rings is 1. The minimum absolute atomic E-state index is 0.0999. The second-order valence-electron chi connectivity index (χ2n) is 3.87. The molecule has 0 amide bonds. The van der Waals surface area contributed by atoms with Gasteiger partial charge in [0.15, 0.2) is 5.82 Å². The Bertz CT molecular complexity index is 283. The van der Waals surface area contributed by atoms with Crippen molar-refractivity contribution >= 4 is 15.9 Å². The largest absolute Gasteiger partial charge is 0.305 e. The first kappa shape index (κ1) is 11.6. The average molecular weight is 262 g/mol. The maximum atomic E-state index is 4.09. The first-order valence-electron chi connectivity index (χ1n) is 4.57. The van der Waals surface area contributed by atoms with Gasteiger partial charge >= 0.3 is 0 Å². The maximum absolute atomic E-state index is 4.09. The van der Waals surface area contributed by atoms with Gasteiger partial charge in [-0.1, -0.05) is 15.9 Å². The van der Waals surface area contributed by atoms with E-state index >= 15 is 0 Å². The molecule has 0 atom stereocenters. The van der Waals surface area contributed by atoms with Gasteiger partial charge in [0, 0.05) is 10.9 Å².